The van der Waals surface area contributed by atoms with Crippen molar-refractivity contribution < 1.29 is 44.3 Å². The zero-order valence-corrected chi connectivity index (χ0v) is 22.2. The van der Waals surface area contributed by atoms with Gasteiger partial charge in [0.2, 0.25) is 5.91 Å². The van der Waals surface area contributed by atoms with E-state index in [9.17, 15) is 29.4 Å². The van der Waals surface area contributed by atoms with E-state index in [1.165, 1.54) is 7.11 Å². The van der Waals surface area contributed by atoms with Gasteiger partial charge in [-0.15, -0.1) is 0 Å². The summed E-state index contributed by atoms with van der Waals surface area (Å²) in [6, 6.07) is 0. The Labute approximate surface area is 218 Å². The minimum atomic E-state index is -1.06. The van der Waals surface area contributed by atoms with Crippen molar-refractivity contribution in [3.05, 3.63) is 36.0 Å². The number of amides is 1. The lowest BCUT2D eigenvalue weighted by Gasteiger charge is -2.25. The van der Waals surface area contributed by atoms with Crippen LogP contribution in [0, 0.1) is 17.8 Å². The number of Topliss-reactive ketones (excluding diaryl/α,β-unsaturated/α-hetero) is 1. The molecule has 0 aromatic heterocycles. The molecule has 0 aromatic rings. The zero-order chi connectivity index (χ0) is 28.5. The van der Waals surface area contributed by atoms with E-state index in [4.69, 9.17) is 20.7 Å². The van der Waals surface area contributed by atoms with Gasteiger partial charge in [0.1, 0.15) is 11.9 Å². The maximum atomic E-state index is 12.6. The molecule has 0 aromatic carbocycles. The van der Waals surface area contributed by atoms with E-state index >= 15 is 0 Å². The maximum Gasteiger partial charge on any atom is 0.327 e. The largest absolute Gasteiger partial charge is 0.481 e. The Kier molecular flexibility index (Phi) is 17.0. The highest BCUT2D eigenvalue weighted by atomic mass is 16.5. The maximum absolute atomic E-state index is 12.6. The number of aliphatic hydroxyl groups excluding tert-OH is 2. The van der Waals surface area contributed by atoms with Crippen molar-refractivity contribution in [2.75, 3.05) is 7.11 Å². The van der Waals surface area contributed by atoms with Crippen molar-refractivity contribution in [2.24, 2.45) is 23.5 Å². The molecular weight excluding hydrogens is 482 g/mol. The fourth-order valence-electron chi connectivity index (χ4n) is 4.02. The molecule has 0 aliphatic heterocycles. The summed E-state index contributed by atoms with van der Waals surface area (Å²) in [7, 11) is 1.46. The number of ether oxygens (including phenoxy) is 1. The molecule has 0 rings (SSSR count). The number of carboxylic acids is 2. The standard InChI is InChI=1S/C27H43NO9/c1-17(14-18(2)27(36)22(37-4)12-7-5-6-8-13-24(31)32)26(35)19(3)21(29)11-9-10-20(15-23(28)30)16-25(33)34/h7-8,12-14,18-20,22,26-27,35-36H,5-6,9-11,15-16H2,1-4H3,(H2,28,30)(H,31,32)(H,33,34)/b12-7+,13-8+,17-14+/t18-,19+,20+,22-,26-,27+/m1/s1. The second-order valence-corrected chi connectivity index (χ2v) is 9.43. The predicted octanol–water partition coefficient (Wildman–Crippen LogP) is 2.62. The van der Waals surface area contributed by atoms with E-state index in [2.05, 4.69) is 0 Å². The quantitative estimate of drug-likeness (QED) is 0.0905. The van der Waals surface area contributed by atoms with Gasteiger partial charge in [-0.25, -0.2) is 4.79 Å². The summed E-state index contributed by atoms with van der Waals surface area (Å²) in [6.07, 6.45) is 6.98. The Morgan fingerprint density at radius 1 is 1.00 bits per heavy atom. The number of carbonyl (C=O) groups excluding carboxylic acids is 2. The normalized spacial score (nSPS) is 17.3. The smallest absolute Gasteiger partial charge is 0.327 e. The summed E-state index contributed by atoms with van der Waals surface area (Å²) in [5, 5.41) is 38.9. The highest BCUT2D eigenvalue weighted by Crippen LogP contribution is 2.22. The minimum absolute atomic E-state index is 0.0554. The van der Waals surface area contributed by atoms with E-state index in [0.717, 1.165) is 6.08 Å². The number of carboxylic acid groups (broad SMARTS) is 2. The van der Waals surface area contributed by atoms with E-state index in [-0.39, 0.29) is 25.0 Å². The molecule has 0 radical (unpaired) electrons. The number of carbonyl (C=O) groups is 4. The number of rotatable bonds is 20. The van der Waals surface area contributed by atoms with Gasteiger partial charge in [-0.2, -0.15) is 0 Å². The van der Waals surface area contributed by atoms with Crippen molar-refractivity contribution in [2.45, 2.75) is 84.0 Å². The van der Waals surface area contributed by atoms with Crippen LogP contribution in [0.25, 0.3) is 0 Å². The molecule has 0 unspecified atom stereocenters. The first-order valence-electron chi connectivity index (χ1n) is 12.5. The third-order valence-electron chi connectivity index (χ3n) is 6.20. The topological polar surface area (TPSA) is 184 Å². The van der Waals surface area contributed by atoms with E-state index in [1.807, 2.05) is 0 Å². The van der Waals surface area contributed by atoms with Crippen molar-refractivity contribution in [1.82, 2.24) is 0 Å². The van der Waals surface area contributed by atoms with Crippen LogP contribution >= 0.6 is 0 Å². The van der Waals surface area contributed by atoms with Crippen molar-refractivity contribution in [1.29, 1.82) is 0 Å². The molecule has 0 aliphatic carbocycles. The summed E-state index contributed by atoms with van der Waals surface area (Å²) in [5.74, 6) is -4.34. The van der Waals surface area contributed by atoms with Crippen LogP contribution in [0.5, 0.6) is 0 Å². The first-order valence-corrected chi connectivity index (χ1v) is 12.5. The fourth-order valence-corrected chi connectivity index (χ4v) is 4.02. The molecule has 6 atom stereocenters. The number of hydrogen-bond donors (Lipinski definition) is 5. The van der Waals surface area contributed by atoms with Crippen molar-refractivity contribution >= 4 is 23.6 Å². The molecule has 10 nitrogen and oxygen atoms in total. The summed E-state index contributed by atoms with van der Waals surface area (Å²) in [4.78, 5) is 45.2. The lowest BCUT2D eigenvalue weighted by molar-refractivity contribution is -0.138. The van der Waals surface area contributed by atoms with Gasteiger partial charge in [-0.1, -0.05) is 38.2 Å². The Morgan fingerprint density at radius 3 is 2.16 bits per heavy atom. The van der Waals surface area contributed by atoms with Gasteiger partial charge in [0.15, 0.2) is 0 Å². The highest BCUT2D eigenvalue weighted by molar-refractivity contribution is 5.81. The molecule has 210 valence electrons. The van der Waals surface area contributed by atoms with Crippen molar-refractivity contribution in [3.63, 3.8) is 0 Å². The zero-order valence-electron chi connectivity index (χ0n) is 22.2. The number of primary amides is 1. The summed E-state index contributed by atoms with van der Waals surface area (Å²) >= 11 is 0. The predicted molar refractivity (Wildman–Crippen MR) is 138 cm³/mol. The minimum Gasteiger partial charge on any atom is -0.481 e. The molecule has 10 heteroatoms. The van der Waals surface area contributed by atoms with Crippen LogP contribution in [0.15, 0.2) is 36.0 Å². The van der Waals surface area contributed by atoms with E-state index < -0.39 is 53.9 Å². The number of allylic oxidation sites excluding steroid dienone is 2. The molecule has 0 aliphatic rings. The van der Waals surface area contributed by atoms with E-state index in [0.29, 0.717) is 31.3 Å². The number of methoxy groups -OCH3 is 1. The molecule has 0 saturated carbocycles. The summed E-state index contributed by atoms with van der Waals surface area (Å²) in [6.45, 7) is 5.06. The Hall–Kier alpha value is -2.82. The lowest BCUT2D eigenvalue weighted by atomic mass is 9.87. The number of hydrogen-bond acceptors (Lipinski definition) is 7. The SMILES string of the molecule is CO[C@H](/C=C/CC/C=C/C(=O)O)[C@@H](O)[C@H](C)/C=C(\C)[C@@H](O)[C@@H](C)C(=O)CCC[C@@H](CC(N)=O)CC(=O)O. The van der Waals surface area contributed by atoms with Crippen molar-refractivity contribution in [3.8, 4) is 0 Å². The van der Waals surface area contributed by atoms with Gasteiger partial charge in [0.25, 0.3) is 0 Å². The first-order chi connectivity index (χ1) is 17.3. The first kappa shape index (κ1) is 34.2. The molecule has 0 saturated heterocycles. The molecule has 37 heavy (non-hydrogen) atoms. The van der Waals surface area contributed by atoms with Gasteiger partial charge in [0.05, 0.1) is 12.2 Å². The van der Waals surface area contributed by atoms with Crippen LogP contribution in [0.1, 0.15) is 65.7 Å². The molecule has 1 amide bonds. The van der Waals surface area contributed by atoms with Crippen LogP contribution in [-0.2, 0) is 23.9 Å². The number of aliphatic hydroxyl groups is 2. The molecule has 0 fully saturated rings. The van der Waals surface area contributed by atoms with Crippen LogP contribution in [-0.4, -0.2) is 69.5 Å². The molecule has 0 bridgehead atoms. The third kappa shape index (κ3) is 15.1. The Morgan fingerprint density at radius 2 is 1.62 bits per heavy atom. The molecular formula is C27H43NO9. The number of ketones is 1. The van der Waals surface area contributed by atoms with Gasteiger partial charge < -0.3 is 30.9 Å². The average molecular weight is 526 g/mol. The van der Waals surface area contributed by atoms with Gasteiger partial charge in [-0.3, -0.25) is 14.4 Å². The average Bonchev–Trinajstić information content (AvgIpc) is 2.80. The fraction of sp³-hybridized carbons (Fsp3) is 0.630. The molecule has 0 heterocycles. The number of nitrogens with two attached hydrogens (primary N) is 1. The Balaban J connectivity index is 4.92. The van der Waals surface area contributed by atoms with Crippen LogP contribution in [0.2, 0.25) is 0 Å². The highest BCUT2D eigenvalue weighted by Gasteiger charge is 2.26. The van der Waals surface area contributed by atoms with Gasteiger partial charge in [-0.05, 0) is 44.1 Å². The van der Waals surface area contributed by atoms with Gasteiger partial charge in [0, 0.05) is 44.3 Å². The monoisotopic (exact) mass is 525 g/mol. The molecule has 6 N–H and O–H groups in total. The van der Waals surface area contributed by atoms with Gasteiger partial charge >= 0.3 is 11.9 Å². The lowest BCUT2D eigenvalue weighted by Crippen LogP contribution is -2.32. The molecule has 0 spiro atoms. The second kappa shape index (κ2) is 18.4. The van der Waals surface area contributed by atoms with Crippen LogP contribution < -0.4 is 5.73 Å². The second-order valence-electron chi connectivity index (χ2n) is 9.43. The third-order valence-corrected chi connectivity index (χ3v) is 6.20. The van der Waals surface area contributed by atoms with E-state index in [1.54, 1.807) is 45.1 Å². The van der Waals surface area contributed by atoms with Crippen LogP contribution in [0.4, 0.5) is 0 Å². The number of aliphatic carboxylic acids is 2. The van der Waals surface area contributed by atoms with Crippen LogP contribution in [0.3, 0.4) is 0 Å². The summed E-state index contributed by atoms with van der Waals surface area (Å²) in [5.41, 5.74) is 5.70. The summed E-state index contributed by atoms with van der Waals surface area (Å²) < 4.78 is 5.36. The Bertz CT molecular complexity index is 818. The number of unbranched alkanes of at least 4 members (excludes halogenated alkanes) is 1.